The Labute approximate surface area is 141 Å². The fourth-order valence-corrected chi connectivity index (χ4v) is 3.57. The van der Waals surface area contributed by atoms with E-state index in [2.05, 4.69) is 5.32 Å². The number of ether oxygens (including phenoxy) is 1. The van der Waals surface area contributed by atoms with Crippen molar-refractivity contribution in [2.45, 2.75) is 0 Å². The van der Waals surface area contributed by atoms with Gasteiger partial charge < -0.3 is 10.1 Å². The summed E-state index contributed by atoms with van der Waals surface area (Å²) in [5.74, 6) is 0.115. The van der Waals surface area contributed by atoms with Crippen LogP contribution in [0, 0.1) is 5.82 Å². The number of halogens is 2. The molecule has 3 aromatic rings. The first-order chi connectivity index (χ1) is 11.1. The molecule has 1 aromatic heterocycles. The van der Waals surface area contributed by atoms with Gasteiger partial charge in [0.1, 0.15) is 23.1 Å². The molecule has 0 atom stereocenters. The summed E-state index contributed by atoms with van der Waals surface area (Å²) in [5.41, 5.74) is 0. The van der Waals surface area contributed by atoms with Gasteiger partial charge in [0, 0.05) is 10.1 Å². The lowest BCUT2D eigenvalue weighted by Gasteiger charge is -2.07. The van der Waals surface area contributed by atoms with Gasteiger partial charge in [-0.25, -0.2) is 4.39 Å². The summed E-state index contributed by atoms with van der Waals surface area (Å²) in [7, 11) is 0. The van der Waals surface area contributed by atoms with Gasteiger partial charge >= 0.3 is 0 Å². The Hall–Kier alpha value is -2.11. The lowest BCUT2D eigenvalue weighted by molar-refractivity contribution is 0.0951. The molecule has 0 radical (unpaired) electrons. The summed E-state index contributed by atoms with van der Waals surface area (Å²) in [5, 5.41) is 3.79. The highest BCUT2D eigenvalue weighted by atomic mass is 35.5. The van der Waals surface area contributed by atoms with Gasteiger partial charge in [-0.1, -0.05) is 29.8 Å². The third-order valence-corrected chi connectivity index (χ3v) is 4.85. The van der Waals surface area contributed by atoms with Gasteiger partial charge in [-0.2, -0.15) is 0 Å². The Morgan fingerprint density at radius 3 is 2.78 bits per heavy atom. The normalized spacial score (nSPS) is 10.7. The van der Waals surface area contributed by atoms with Crippen molar-refractivity contribution in [3.05, 3.63) is 64.2 Å². The van der Waals surface area contributed by atoms with Crippen LogP contribution in [0.4, 0.5) is 4.39 Å². The molecule has 0 unspecified atom stereocenters. The molecule has 0 aliphatic rings. The van der Waals surface area contributed by atoms with Crippen LogP contribution in [0.3, 0.4) is 0 Å². The number of hydrogen-bond donors (Lipinski definition) is 1. The minimum absolute atomic E-state index is 0.284. The second kappa shape index (κ2) is 6.98. The summed E-state index contributed by atoms with van der Waals surface area (Å²) in [4.78, 5) is 12.6. The molecule has 0 bridgehead atoms. The van der Waals surface area contributed by atoms with Crippen LogP contribution in [0.15, 0.2) is 48.5 Å². The molecular formula is C17H13ClFNO2S. The molecule has 0 saturated heterocycles. The number of nitrogens with one attached hydrogen (secondary N) is 1. The Balaban J connectivity index is 1.61. The second-order valence-corrected chi connectivity index (χ2v) is 6.23. The molecule has 0 saturated carbocycles. The molecule has 1 heterocycles. The van der Waals surface area contributed by atoms with Crippen LogP contribution in [-0.4, -0.2) is 19.1 Å². The summed E-state index contributed by atoms with van der Waals surface area (Å²) in [6.45, 7) is 0.708. The molecule has 0 aliphatic heterocycles. The standard InChI is InChI=1S/C17H13ClFNO2S/c18-15-13-7-6-11(19)10-14(13)23-16(15)17(21)20-8-9-22-12-4-2-1-3-5-12/h1-7,10H,8-9H2,(H,20,21). The van der Waals surface area contributed by atoms with Gasteiger partial charge in [0.05, 0.1) is 11.6 Å². The van der Waals surface area contributed by atoms with E-state index >= 15 is 0 Å². The molecule has 1 N–H and O–H groups in total. The Bertz CT molecular complexity index is 835. The number of fused-ring (bicyclic) bond motifs is 1. The number of rotatable bonds is 5. The molecule has 23 heavy (non-hydrogen) atoms. The van der Waals surface area contributed by atoms with Crippen LogP contribution >= 0.6 is 22.9 Å². The third kappa shape index (κ3) is 3.63. The van der Waals surface area contributed by atoms with E-state index in [4.69, 9.17) is 16.3 Å². The Morgan fingerprint density at radius 2 is 2.00 bits per heavy atom. The maximum Gasteiger partial charge on any atom is 0.263 e. The topological polar surface area (TPSA) is 38.3 Å². The zero-order valence-electron chi connectivity index (χ0n) is 12.0. The molecule has 0 spiro atoms. The molecular weight excluding hydrogens is 337 g/mol. The molecule has 1 amide bonds. The van der Waals surface area contributed by atoms with Crippen molar-refractivity contribution in [2.75, 3.05) is 13.2 Å². The number of thiophene rings is 1. The third-order valence-electron chi connectivity index (χ3n) is 3.20. The number of carbonyl (C=O) groups is 1. The predicted molar refractivity (Wildman–Crippen MR) is 91.1 cm³/mol. The van der Waals surface area contributed by atoms with Crippen LogP contribution in [-0.2, 0) is 0 Å². The van der Waals surface area contributed by atoms with Crippen molar-refractivity contribution in [3.63, 3.8) is 0 Å². The van der Waals surface area contributed by atoms with Gasteiger partial charge in [0.25, 0.3) is 5.91 Å². The number of carbonyl (C=O) groups excluding carboxylic acids is 1. The monoisotopic (exact) mass is 349 g/mol. The van der Waals surface area contributed by atoms with Crippen LogP contribution in [0.1, 0.15) is 9.67 Å². The molecule has 6 heteroatoms. The van der Waals surface area contributed by atoms with E-state index in [1.165, 1.54) is 23.5 Å². The van der Waals surface area contributed by atoms with E-state index in [0.29, 0.717) is 33.1 Å². The van der Waals surface area contributed by atoms with Crippen LogP contribution in [0.25, 0.3) is 10.1 Å². The predicted octanol–water partition coefficient (Wildman–Crippen LogP) is 4.50. The maximum atomic E-state index is 13.2. The Kier molecular flexibility index (Phi) is 4.79. The van der Waals surface area contributed by atoms with Crippen molar-refractivity contribution < 1.29 is 13.9 Å². The second-order valence-electron chi connectivity index (χ2n) is 4.80. The minimum Gasteiger partial charge on any atom is -0.492 e. The fourth-order valence-electron chi connectivity index (χ4n) is 2.12. The molecule has 0 fully saturated rings. The van der Waals surface area contributed by atoms with Gasteiger partial charge in [-0.3, -0.25) is 4.79 Å². The van der Waals surface area contributed by atoms with Crippen LogP contribution < -0.4 is 10.1 Å². The molecule has 3 rings (SSSR count). The zero-order valence-corrected chi connectivity index (χ0v) is 13.6. The summed E-state index contributed by atoms with van der Waals surface area (Å²) >= 11 is 7.38. The number of para-hydroxylation sites is 1. The van der Waals surface area contributed by atoms with Crippen molar-refractivity contribution in [3.8, 4) is 5.75 Å². The zero-order chi connectivity index (χ0) is 16.2. The quantitative estimate of drug-likeness (QED) is 0.688. The summed E-state index contributed by atoms with van der Waals surface area (Å²) < 4.78 is 19.4. The van der Waals surface area contributed by atoms with Gasteiger partial charge in [0.2, 0.25) is 0 Å². The van der Waals surface area contributed by atoms with E-state index in [1.807, 2.05) is 30.3 Å². The lowest BCUT2D eigenvalue weighted by Crippen LogP contribution is -2.27. The number of hydrogen-bond acceptors (Lipinski definition) is 3. The smallest absolute Gasteiger partial charge is 0.263 e. The highest BCUT2D eigenvalue weighted by Crippen LogP contribution is 2.35. The number of amides is 1. The summed E-state index contributed by atoms with van der Waals surface area (Å²) in [6.07, 6.45) is 0. The molecule has 3 nitrogen and oxygen atoms in total. The van der Waals surface area contributed by atoms with E-state index in [-0.39, 0.29) is 11.7 Å². The van der Waals surface area contributed by atoms with Gasteiger partial charge in [-0.05, 0) is 30.3 Å². The largest absolute Gasteiger partial charge is 0.492 e. The van der Waals surface area contributed by atoms with E-state index < -0.39 is 0 Å². The van der Waals surface area contributed by atoms with E-state index in [0.717, 1.165) is 5.75 Å². The highest BCUT2D eigenvalue weighted by Gasteiger charge is 2.17. The minimum atomic E-state index is -0.348. The molecule has 118 valence electrons. The maximum absolute atomic E-state index is 13.2. The first-order valence-electron chi connectivity index (χ1n) is 6.99. The van der Waals surface area contributed by atoms with Crippen LogP contribution in [0.2, 0.25) is 5.02 Å². The van der Waals surface area contributed by atoms with Crippen molar-refractivity contribution in [2.24, 2.45) is 0 Å². The lowest BCUT2D eigenvalue weighted by atomic mass is 10.2. The van der Waals surface area contributed by atoms with E-state index in [9.17, 15) is 9.18 Å². The average molecular weight is 350 g/mol. The van der Waals surface area contributed by atoms with E-state index in [1.54, 1.807) is 6.07 Å². The van der Waals surface area contributed by atoms with Crippen molar-refractivity contribution in [1.29, 1.82) is 0 Å². The highest BCUT2D eigenvalue weighted by molar-refractivity contribution is 7.21. The van der Waals surface area contributed by atoms with Crippen molar-refractivity contribution >= 4 is 38.9 Å². The SMILES string of the molecule is O=C(NCCOc1ccccc1)c1sc2cc(F)ccc2c1Cl. The first kappa shape index (κ1) is 15.8. The summed E-state index contributed by atoms with van der Waals surface area (Å²) in [6, 6.07) is 13.6. The van der Waals surface area contributed by atoms with Gasteiger partial charge in [-0.15, -0.1) is 11.3 Å². The Morgan fingerprint density at radius 1 is 1.22 bits per heavy atom. The number of benzene rings is 2. The molecule has 2 aromatic carbocycles. The molecule has 0 aliphatic carbocycles. The average Bonchev–Trinajstić information content (AvgIpc) is 2.88. The van der Waals surface area contributed by atoms with Gasteiger partial charge in [0.15, 0.2) is 0 Å². The van der Waals surface area contributed by atoms with Crippen LogP contribution in [0.5, 0.6) is 5.75 Å². The van der Waals surface area contributed by atoms with Crippen molar-refractivity contribution in [1.82, 2.24) is 5.32 Å². The first-order valence-corrected chi connectivity index (χ1v) is 8.18. The fraction of sp³-hybridized carbons (Fsp3) is 0.118.